The molecule has 0 saturated carbocycles. The van der Waals surface area contributed by atoms with Crippen molar-refractivity contribution in [3.8, 4) is 0 Å². The number of fused-ring (bicyclic) bond motifs is 2. The Bertz CT molecular complexity index is 1060. The first-order chi connectivity index (χ1) is 15.3. The van der Waals surface area contributed by atoms with Gasteiger partial charge in [0.15, 0.2) is 5.96 Å². The Balaban J connectivity index is 1.40. The minimum absolute atomic E-state index is 0.00126. The number of anilines is 2. The van der Waals surface area contributed by atoms with E-state index in [-0.39, 0.29) is 30.0 Å². The van der Waals surface area contributed by atoms with Crippen molar-refractivity contribution in [2.75, 3.05) is 18.5 Å². The predicted molar refractivity (Wildman–Crippen MR) is 116 cm³/mol. The third-order valence-electron chi connectivity index (χ3n) is 6.56. The highest BCUT2D eigenvalue weighted by atomic mass is 19.2. The molecule has 0 radical (unpaired) electrons. The van der Waals surface area contributed by atoms with Gasteiger partial charge in [-0.3, -0.25) is 20.1 Å². The molecule has 32 heavy (non-hydrogen) atoms. The number of aromatic nitrogens is 1. The van der Waals surface area contributed by atoms with Crippen LogP contribution in [0.3, 0.4) is 0 Å². The molecule has 1 aromatic carbocycles. The van der Waals surface area contributed by atoms with Gasteiger partial charge in [-0.1, -0.05) is 12.1 Å². The second-order valence-corrected chi connectivity index (χ2v) is 8.83. The van der Waals surface area contributed by atoms with Gasteiger partial charge in [-0.15, -0.1) is 0 Å². The average molecular weight is 439 g/mol. The lowest BCUT2D eigenvalue weighted by molar-refractivity contribution is -0.134. The lowest BCUT2D eigenvalue weighted by Crippen LogP contribution is -2.66. The maximum atomic E-state index is 14.2. The molecule has 1 unspecified atom stereocenters. The Morgan fingerprint density at radius 3 is 2.75 bits per heavy atom. The van der Waals surface area contributed by atoms with Crippen LogP contribution in [0.4, 0.5) is 15.8 Å². The van der Waals surface area contributed by atoms with Crippen LogP contribution in [0.15, 0.2) is 36.5 Å². The summed E-state index contributed by atoms with van der Waals surface area (Å²) in [6.07, 6.45) is 3.74. The van der Waals surface area contributed by atoms with Crippen LogP contribution in [0.1, 0.15) is 43.0 Å². The van der Waals surface area contributed by atoms with Crippen molar-refractivity contribution in [2.45, 2.75) is 50.0 Å². The predicted octanol–water partition coefficient (Wildman–Crippen LogP) is 2.65. The van der Waals surface area contributed by atoms with E-state index in [1.54, 1.807) is 17.0 Å². The molecule has 8 nitrogen and oxygen atoms in total. The van der Waals surface area contributed by atoms with Crippen LogP contribution in [0.25, 0.3) is 0 Å². The minimum Gasteiger partial charge on any atom is -0.381 e. The Hall–Kier alpha value is -3.04. The maximum Gasteiger partial charge on any atom is 0.249 e. The summed E-state index contributed by atoms with van der Waals surface area (Å²) < 4.78 is 19.6. The average Bonchev–Trinajstić information content (AvgIpc) is 2.74. The van der Waals surface area contributed by atoms with Gasteiger partial charge in [0.2, 0.25) is 11.8 Å². The van der Waals surface area contributed by atoms with Gasteiger partial charge in [0.05, 0.1) is 17.6 Å². The normalized spacial score (nSPS) is 25.0. The largest absolute Gasteiger partial charge is 0.381 e. The van der Waals surface area contributed by atoms with Crippen LogP contribution in [-0.4, -0.2) is 46.1 Å². The number of nitrogens with one attached hydrogen (secondary N) is 3. The number of halogens is 1. The Labute approximate surface area is 185 Å². The molecule has 9 heteroatoms. The molecule has 3 heterocycles. The molecular weight excluding hydrogens is 413 g/mol. The zero-order valence-corrected chi connectivity index (χ0v) is 17.8. The summed E-state index contributed by atoms with van der Waals surface area (Å²) in [4.78, 5) is 18.6. The fourth-order valence-corrected chi connectivity index (χ4v) is 5.05. The van der Waals surface area contributed by atoms with Gasteiger partial charge >= 0.3 is 0 Å². The second-order valence-electron chi connectivity index (χ2n) is 8.83. The van der Waals surface area contributed by atoms with Gasteiger partial charge in [-0.25, -0.2) is 4.39 Å². The molecule has 2 aliphatic heterocycles. The van der Waals surface area contributed by atoms with Gasteiger partial charge in [0, 0.05) is 44.5 Å². The first kappa shape index (κ1) is 20.8. The second kappa shape index (κ2) is 7.53. The first-order valence-electron chi connectivity index (χ1n) is 10.8. The number of carbonyl (C=O) groups is 1. The topological polar surface area (TPSA) is 111 Å². The lowest BCUT2D eigenvalue weighted by atomic mass is 9.67. The zero-order chi connectivity index (χ0) is 22.5. The number of guanidine groups is 1. The highest BCUT2D eigenvalue weighted by Crippen LogP contribution is 2.48. The number of rotatable bonds is 4. The van der Waals surface area contributed by atoms with Crippen molar-refractivity contribution in [1.82, 2.24) is 15.2 Å². The van der Waals surface area contributed by atoms with Crippen LogP contribution >= 0.6 is 0 Å². The Morgan fingerprint density at radius 2 is 2.03 bits per heavy atom. The summed E-state index contributed by atoms with van der Waals surface area (Å²) in [5.74, 6) is -2.49. The van der Waals surface area contributed by atoms with Crippen molar-refractivity contribution in [2.24, 2.45) is 0 Å². The molecule has 2 fully saturated rings. The summed E-state index contributed by atoms with van der Waals surface area (Å²) in [5, 5.41) is 24.8. The van der Waals surface area contributed by atoms with Crippen molar-refractivity contribution < 1.29 is 19.0 Å². The number of pyridine rings is 1. The quantitative estimate of drug-likeness (QED) is 0.583. The third-order valence-corrected chi connectivity index (χ3v) is 6.56. The number of alkyl halides is 1. The highest BCUT2D eigenvalue weighted by Gasteiger charge is 2.51. The van der Waals surface area contributed by atoms with Crippen LogP contribution in [-0.2, 0) is 27.3 Å². The van der Waals surface area contributed by atoms with Crippen LogP contribution < -0.4 is 10.6 Å². The summed E-state index contributed by atoms with van der Waals surface area (Å²) in [6, 6.07) is 9.03. The summed E-state index contributed by atoms with van der Waals surface area (Å²) in [7, 11) is 0. The van der Waals surface area contributed by atoms with Crippen molar-refractivity contribution in [1.29, 1.82) is 5.41 Å². The number of hydrogen-bond donors (Lipinski definition) is 4. The lowest BCUT2D eigenvalue weighted by Gasteiger charge is -2.51. The van der Waals surface area contributed by atoms with E-state index in [9.17, 15) is 14.3 Å². The molecule has 0 bridgehead atoms. The van der Waals surface area contributed by atoms with E-state index in [0.29, 0.717) is 25.3 Å². The zero-order valence-electron chi connectivity index (χ0n) is 17.8. The van der Waals surface area contributed by atoms with E-state index in [4.69, 9.17) is 10.1 Å². The van der Waals surface area contributed by atoms with E-state index in [1.807, 2.05) is 18.2 Å². The molecule has 2 aromatic rings. The van der Waals surface area contributed by atoms with E-state index in [2.05, 4.69) is 15.6 Å². The number of aliphatic hydroxyl groups is 1. The van der Waals surface area contributed by atoms with Crippen molar-refractivity contribution in [3.63, 3.8) is 0 Å². The number of hydrogen-bond acceptors (Lipinski definition) is 6. The van der Waals surface area contributed by atoms with Crippen LogP contribution in [0.2, 0.25) is 0 Å². The Morgan fingerprint density at radius 1 is 1.28 bits per heavy atom. The Kier molecular flexibility index (Phi) is 4.90. The van der Waals surface area contributed by atoms with Gasteiger partial charge in [0.25, 0.3) is 0 Å². The van der Waals surface area contributed by atoms with E-state index < -0.39 is 11.4 Å². The molecular formula is C23H26FN5O3. The molecule has 1 aliphatic carbocycles. The van der Waals surface area contributed by atoms with Gasteiger partial charge in [0.1, 0.15) is 5.69 Å². The number of amides is 1. The van der Waals surface area contributed by atoms with Gasteiger partial charge in [-0.05, 0) is 42.2 Å². The van der Waals surface area contributed by atoms with Gasteiger partial charge < -0.3 is 20.5 Å². The first-order valence-corrected chi connectivity index (χ1v) is 10.8. The number of benzene rings is 1. The SMILES string of the molecule is CC(O)(F)c1ncccc1Nc1cccc2c1C[C@]21CC(=O)N(C2CCOCC2)C(=N)N1. The monoisotopic (exact) mass is 439 g/mol. The fraction of sp³-hybridized carbons (Fsp3) is 0.435. The summed E-state index contributed by atoms with van der Waals surface area (Å²) >= 11 is 0. The molecule has 1 aromatic heterocycles. The maximum absolute atomic E-state index is 14.2. The van der Waals surface area contributed by atoms with Crippen LogP contribution in [0, 0.1) is 5.41 Å². The van der Waals surface area contributed by atoms with Crippen molar-refractivity contribution >= 4 is 23.2 Å². The molecule has 3 aliphatic rings. The molecule has 1 amide bonds. The fourth-order valence-electron chi connectivity index (χ4n) is 5.05. The smallest absolute Gasteiger partial charge is 0.249 e. The van der Waals surface area contributed by atoms with Crippen LogP contribution in [0.5, 0.6) is 0 Å². The molecule has 5 rings (SSSR count). The highest BCUT2D eigenvalue weighted by molar-refractivity contribution is 6.00. The third kappa shape index (κ3) is 3.41. The van der Waals surface area contributed by atoms with Gasteiger partial charge in [-0.2, -0.15) is 0 Å². The van der Waals surface area contributed by atoms with Crippen molar-refractivity contribution in [3.05, 3.63) is 53.3 Å². The minimum atomic E-state index is -2.58. The van der Waals surface area contributed by atoms with E-state index in [1.165, 1.54) is 6.20 Å². The summed E-state index contributed by atoms with van der Waals surface area (Å²) in [6.45, 7) is 2.26. The molecule has 2 atom stereocenters. The number of carbonyl (C=O) groups excluding carboxylic acids is 1. The molecule has 168 valence electrons. The number of nitrogens with zero attached hydrogens (tertiary/aromatic N) is 2. The molecule has 2 saturated heterocycles. The molecule has 4 N–H and O–H groups in total. The standard InChI is InChI=1S/C23H26FN5O3/c1-22(24,31)20-18(6-3-9-26-20)27-17-5-2-4-16-15(17)12-23(16)13-19(30)29(21(25)28-23)14-7-10-32-11-8-14/h2-6,9,14,27,31H,7-8,10-13H2,1H3,(H2,25,28)/t22?,23-/m0/s1. The van der Waals surface area contributed by atoms with E-state index in [0.717, 1.165) is 36.6 Å². The van der Waals surface area contributed by atoms with E-state index >= 15 is 0 Å². The number of ether oxygens (including phenoxy) is 1. The summed E-state index contributed by atoms with van der Waals surface area (Å²) in [5.41, 5.74) is 2.39. The molecule has 1 spiro atoms.